The van der Waals surface area contributed by atoms with Crippen LogP contribution in [0.15, 0.2) is 96.1 Å². The Labute approximate surface area is 312 Å². The van der Waals surface area contributed by atoms with Gasteiger partial charge in [-0.05, 0) is 0 Å². The zero-order valence-electron chi connectivity index (χ0n) is 31.4. The molecule has 0 saturated heterocycles. The van der Waals surface area contributed by atoms with E-state index in [1.165, 1.54) is 86.5 Å². The number of halogens is 2. The van der Waals surface area contributed by atoms with Gasteiger partial charge in [0.15, 0.2) is 0 Å². The molecule has 261 valence electrons. The molecule has 0 bridgehead atoms. The van der Waals surface area contributed by atoms with E-state index in [0.717, 1.165) is 6.42 Å². The summed E-state index contributed by atoms with van der Waals surface area (Å²) >= 11 is -4.86. The van der Waals surface area contributed by atoms with Crippen molar-refractivity contribution < 1.29 is 15.6 Å². The molecule has 3 aliphatic carbocycles. The Bertz CT molecular complexity index is 1970. The van der Waals surface area contributed by atoms with Gasteiger partial charge >= 0.3 is 315 Å². The van der Waals surface area contributed by atoms with Gasteiger partial charge in [0.25, 0.3) is 0 Å². The summed E-state index contributed by atoms with van der Waals surface area (Å²) in [6, 6.07) is 32.7. The molecule has 0 N–H and O–H groups in total. The summed E-state index contributed by atoms with van der Waals surface area (Å²) in [7, 11) is 16.3. The molecule has 4 aromatic rings. The molecule has 0 nitrogen and oxygen atoms in total. The first-order valence-electron chi connectivity index (χ1n) is 19.2. The van der Waals surface area contributed by atoms with Crippen molar-refractivity contribution in [3.63, 3.8) is 0 Å². The van der Waals surface area contributed by atoms with Crippen LogP contribution >= 0.6 is 17.0 Å². The van der Waals surface area contributed by atoms with Gasteiger partial charge in [0.2, 0.25) is 0 Å². The van der Waals surface area contributed by atoms with E-state index >= 15 is 0 Å². The predicted octanol–water partition coefficient (Wildman–Crippen LogP) is 13.8. The van der Waals surface area contributed by atoms with Gasteiger partial charge < -0.3 is 0 Å². The molecule has 5 heteroatoms. The van der Waals surface area contributed by atoms with Crippen molar-refractivity contribution in [2.24, 2.45) is 5.92 Å². The third kappa shape index (κ3) is 6.04. The SMILES string of the molecule is CCC1=Cc2c(-c3ccc([Si](C)(C)C)cc3)cccc2[CH]1[Zr]([Cl])([Cl])([CH]1C(C2CCCC2)=Cc2c(-c3ccc(C(C)C)cc3)cccc21)[SiH](C)C. The molecule has 1 saturated carbocycles. The van der Waals surface area contributed by atoms with Crippen molar-refractivity contribution >= 4 is 48.4 Å². The Balaban J connectivity index is 1.41. The average Bonchev–Trinajstić information content (AvgIpc) is 3.85. The average molecular weight is 814 g/mol. The van der Waals surface area contributed by atoms with Crippen molar-refractivity contribution in [1.82, 2.24) is 0 Å². The van der Waals surface area contributed by atoms with Gasteiger partial charge in [-0.2, -0.15) is 0 Å². The monoisotopic (exact) mass is 811 g/mol. The summed E-state index contributed by atoms with van der Waals surface area (Å²) in [5, 5.41) is 1.50. The van der Waals surface area contributed by atoms with E-state index in [9.17, 15) is 0 Å². The van der Waals surface area contributed by atoms with Crippen molar-refractivity contribution in [2.75, 3.05) is 0 Å². The predicted molar refractivity (Wildman–Crippen MR) is 225 cm³/mol. The van der Waals surface area contributed by atoms with Gasteiger partial charge in [-0.3, -0.25) is 0 Å². The summed E-state index contributed by atoms with van der Waals surface area (Å²) in [5.74, 6) is -0.554. The van der Waals surface area contributed by atoms with E-state index in [1.807, 2.05) is 0 Å². The second-order valence-corrected chi connectivity index (χ2v) is 64.8. The van der Waals surface area contributed by atoms with Gasteiger partial charge in [-0.1, -0.05) is 0 Å². The standard InChI is InChI=1S/C23H25.C20H23Si.C2H7Si.2ClH.Zr/c1-16(2)17-10-12-19(13-11-17)22-9-5-8-20-14-21(15-23(20)22)18-6-3-4-7-18;1-5-15-13-17-7-6-8-19(20(17)14-15)16-9-11-18(12-10-16)21(2,3)4;1-3-2;;;/h5,8-16,18H,3-4,6-7H2,1-2H3;6-14H,5H2,1-4H3;3H,1-2H3;2*1H;/q;;;;;+2/p-2. The minimum absolute atomic E-state index is 0.127. The van der Waals surface area contributed by atoms with E-state index in [1.54, 1.807) is 5.57 Å². The quantitative estimate of drug-likeness (QED) is 0.148. The van der Waals surface area contributed by atoms with Crippen LogP contribution in [0.25, 0.3) is 34.4 Å². The van der Waals surface area contributed by atoms with Crippen molar-refractivity contribution in [3.05, 3.63) is 124 Å². The van der Waals surface area contributed by atoms with Crippen molar-refractivity contribution in [2.45, 2.75) is 98.8 Å². The third-order valence-corrected chi connectivity index (χ3v) is 66.5. The molecule has 1 fully saturated rings. The van der Waals surface area contributed by atoms with Crippen LogP contribution in [0.3, 0.4) is 0 Å². The van der Waals surface area contributed by atoms with Gasteiger partial charge in [0.05, 0.1) is 0 Å². The fourth-order valence-electron chi connectivity index (χ4n) is 9.61. The Morgan fingerprint density at radius 3 is 1.74 bits per heavy atom. The summed E-state index contributed by atoms with van der Waals surface area (Å²) in [6.45, 7) is 19.1. The number of benzene rings is 4. The zero-order valence-corrected chi connectivity index (χ0v) is 37.5. The number of fused-ring (bicyclic) bond motifs is 2. The Hall–Kier alpha value is -1.74. The molecule has 0 spiro atoms. The molecule has 0 amide bonds. The topological polar surface area (TPSA) is 0 Å². The summed E-state index contributed by atoms with van der Waals surface area (Å²) < 4.78 is 0.271. The van der Waals surface area contributed by atoms with Crippen LogP contribution in [0, 0.1) is 5.92 Å². The van der Waals surface area contributed by atoms with E-state index in [-0.39, 0.29) is 7.25 Å². The van der Waals surface area contributed by atoms with Crippen LogP contribution in [-0.4, -0.2) is 14.0 Å². The Morgan fingerprint density at radius 2 is 1.24 bits per heavy atom. The van der Waals surface area contributed by atoms with Gasteiger partial charge in [0, 0.05) is 0 Å². The summed E-state index contributed by atoms with van der Waals surface area (Å²) in [4.78, 5) is 0. The molecule has 4 aromatic carbocycles. The number of rotatable bonds is 9. The van der Waals surface area contributed by atoms with E-state index < -0.39 is 29.6 Å². The van der Waals surface area contributed by atoms with Crippen LogP contribution in [0.1, 0.15) is 93.9 Å². The first-order valence-corrected chi connectivity index (χ1v) is 39.0. The minimum atomic E-state index is -4.86. The zero-order chi connectivity index (χ0) is 35.6. The molecule has 0 aromatic heterocycles. The fraction of sp³-hybridized carbons (Fsp3) is 0.378. The number of allylic oxidation sites excluding steroid dienone is 2. The van der Waals surface area contributed by atoms with Crippen LogP contribution in [0.2, 0.25) is 32.7 Å². The fourth-order valence-corrected chi connectivity index (χ4v) is 42.2. The molecule has 7 rings (SSSR count). The second-order valence-electron chi connectivity index (χ2n) is 17.2. The molecule has 3 aliphatic rings. The van der Waals surface area contributed by atoms with Crippen molar-refractivity contribution in [3.8, 4) is 22.3 Å². The number of hydrogen-bond acceptors (Lipinski definition) is 0. The van der Waals surface area contributed by atoms with Crippen LogP contribution in [-0.2, 0) is 15.6 Å². The molecule has 2 unspecified atom stereocenters. The van der Waals surface area contributed by atoms with Crippen molar-refractivity contribution in [1.29, 1.82) is 0 Å². The molecule has 0 heterocycles. The Kier molecular flexibility index (Phi) is 9.95. The van der Waals surface area contributed by atoms with E-state index in [4.69, 9.17) is 17.0 Å². The third-order valence-electron chi connectivity index (χ3n) is 12.6. The first kappa shape index (κ1) is 36.6. The molecular weight excluding hydrogens is 759 g/mol. The first-order chi connectivity index (χ1) is 23.7. The molecular formula is C45H55Cl2Si2Zr. The normalized spacial score (nSPS) is 20.1. The molecule has 50 heavy (non-hydrogen) atoms. The molecule has 0 aliphatic heterocycles. The van der Waals surface area contributed by atoms with E-state index in [2.05, 4.69) is 151 Å². The molecule has 2 atom stereocenters. The van der Waals surface area contributed by atoms with Crippen LogP contribution in [0.4, 0.5) is 0 Å². The second kappa shape index (κ2) is 13.6. The van der Waals surface area contributed by atoms with Gasteiger partial charge in [-0.25, -0.2) is 0 Å². The maximum absolute atomic E-state index is 8.83. The van der Waals surface area contributed by atoms with Crippen LogP contribution in [0.5, 0.6) is 0 Å². The number of hydrogen-bond donors (Lipinski definition) is 0. The molecule has 0 radical (unpaired) electrons. The summed E-state index contributed by atoms with van der Waals surface area (Å²) in [6.07, 6.45) is 11.2. The Morgan fingerprint density at radius 1 is 0.720 bits per heavy atom. The summed E-state index contributed by atoms with van der Waals surface area (Å²) in [5.41, 5.74) is 15.2. The maximum atomic E-state index is 8.83. The van der Waals surface area contributed by atoms with Crippen LogP contribution < -0.4 is 5.19 Å². The van der Waals surface area contributed by atoms with E-state index in [0.29, 0.717) is 11.8 Å². The van der Waals surface area contributed by atoms with Gasteiger partial charge in [0.1, 0.15) is 0 Å². The van der Waals surface area contributed by atoms with Gasteiger partial charge in [-0.15, -0.1) is 0 Å².